The van der Waals surface area contributed by atoms with Gasteiger partial charge >= 0.3 is 0 Å². The Bertz CT molecular complexity index is 901. The molecule has 0 saturated carbocycles. The summed E-state index contributed by atoms with van der Waals surface area (Å²) in [6, 6.07) is 11.6. The molecule has 3 aromatic rings. The number of amides is 1. The first-order valence-electron chi connectivity index (χ1n) is 9.69. The van der Waals surface area contributed by atoms with Gasteiger partial charge in [0.05, 0.1) is 0 Å². The second-order valence-corrected chi connectivity index (χ2v) is 7.06. The SMILES string of the molecule is O=C(NCc1ccnc(N2CCCCC2)c1)c1ccc(Cc2ncn[nH]2)cc1. The van der Waals surface area contributed by atoms with E-state index in [2.05, 4.69) is 36.4 Å². The molecule has 2 N–H and O–H groups in total. The molecular formula is C21H24N6O. The summed E-state index contributed by atoms with van der Waals surface area (Å²) in [7, 11) is 0. The fourth-order valence-electron chi connectivity index (χ4n) is 3.43. The zero-order valence-corrected chi connectivity index (χ0v) is 15.8. The van der Waals surface area contributed by atoms with Crippen LogP contribution in [0.5, 0.6) is 0 Å². The van der Waals surface area contributed by atoms with Crippen LogP contribution in [0.15, 0.2) is 48.9 Å². The monoisotopic (exact) mass is 376 g/mol. The molecule has 2 aromatic heterocycles. The molecule has 0 spiro atoms. The number of aromatic amines is 1. The predicted octanol–water partition coefficient (Wildman–Crippen LogP) is 2.71. The van der Waals surface area contributed by atoms with Crippen LogP contribution in [0.3, 0.4) is 0 Å². The molecule has 28 heavy (non-hydrogen) atoms. The molecule has 1 saturated heterocycles. The Balaban J connectivity index is 1.33. The van der Waals surface area contributed by atoms with Crippen molar-refractivity contribution in [1.82, 2.24) is 25.5 Å². The van der Waals surface area contributed by atoms with Gasteiger partial charge in [-0.05, 0) is 54.7 Å². The van der Waals surface area contributed by atoms with E-state index in [0.717, 1.165) is 35.9 Å². The Kier molecular flexibility index (Phi) is 5.61. The summed E-state index contributed by atoms with van der Waals surface area (Å²) >= 11 is 0. The van der Waals surface area contributed by atoms with Crippen LogP contribution in [0.2, 0.25) is 0 Å². The molecule has 3 heterocycles. The molecule has 4 rings (SSSR count). The summed E-state index contributed by atoms with van der Waals surface area (Å²) in [5.41, 5.74) is 2.78. The van der Waals surface area contributed by atoms with Gasteiger partial charge in [0.25, 0.3) is 5.91 Å². The van der Waals surface area contributed by atoms with Gasteiger partial charge in [0.15, 0.2) is 0 Å². The molecule has 0 aliphatic carbocycles. The number of carbonyl (C=O) groups is 1. The first-order valence-corrected chi connectivity index (χ1v) is 9.69. The number of anilines is 1. The molecule has 144 valence electrons. The number of nitrogens with one attached hydrogen (secondary N) is 2. The minimum atomic E-state index is -0.0810. The van der Waals surface area contributed by atoms with Gasteiger partial charge < -0.3 is 10.2 Å². The minimum absolute atomic E-state index is 0.0810. The van der Waals surface area contributed by atoms with Crippen LogP contribution in [0.4, 0.5) is 5.82 Å². The van der Waals surface area contributed by atoms with Crippen molar-refractivity contribution in [3.05, 3.63) is 71.4 Å². The minimum Gasteiger partial charge on any atom is -0.357 e. The lowest BCUT2D eigenvalue weighted by atomic mass is 10.1. The predicted molar refractivity (Wildman–Crippen MR) is 107 cm³/mol. The first-order chi connectivity index (χ1) is 13.8. The van der Waals surface area contributed by atoms with Crippen molar-refractivity contribution >= 4 is 11.7 Å². The summed E-state index contributed by atoms with van der Waals surface area (Å²) < 4.78 is 0. The summed E-state index contributed by atoms with van der Waals surface area (Å²) in [6.07, 6.45) is 7.71. The molecule has 7 nitrogen and oxygen atoms in total. The van der Waals surface area contributed by atoms with Crippen LogP contribution >= 0.6 is 0 Å². The van der Waals surface area contributed by atoms with E-state index in [-0.39, 0.29) is 5.91 Å². The molecule has 1 aromatic carbocycles. The number of benzene rings is 1. The summed E-state index contributed by atoms with van der Waals surface area (Å²) in [6.45, 7) is 2.61. The third-order valence-corrected chi connectivity index (χ3v) is 5.00. The fraction of sp³-hybridized carbons (Fsp3) is 0.333. The molecule has 1 aliphatic heterocycles. The van der Waals surface area contributed by atoms with Crippen molar-refractivity contribution in [3.8, 4) is 0 Å². The van der Waals surface area contributed by atoms with E-state index in [0.29, 0.717) is 18.5 Å². The van der Waals surface area contributed by atoms with E-state index >= 15 is 0 Å². The van der Waals surface area contributed by atoms with Gasteiger partial charge in [-0.25, -0.2) is 9.97 Å². The largest absolute Gasteiger partial charge is 0.357 e. The molecule has 7 heteroatoms. The van der Waals surface area contributed by atoms with Crippen LogP contribution in [-0.2, 0) is 13.0 Å². The number of rotatable bonds is 6. The second kappa shape index (κ2) is 8.65. The highest BCUT2D eigenvalue weighted by molar-refractivity contribution is 5.94. The molecular weight excluding hydrogens is 352 g/mol. The Morgan fingerprint density at radius 3 is 2.61 bits per heavy atom. The van der Waals surface area contributed by atoms with Crippen molar-refractivity contribution in [2.24, 2.45) is 0 Å². The lowest BCUT2D eigenvalue weighted by Crippen LogP contribution is -2.30. The van der Waals surface area contributed by atoms with Gasteiger partial charge in [0.1, 0.15) is 18.0 Å². The maximum absolute atomic E-state index is 12.5. The number of aromatic nitrogens is 4. The molecule has 0 unspecified atom stereocenters. The number of pyridine rings is 1. The quantitative estimate of drug-likeness (QED) is 0.691. The highest BCUT2D eigenvalue weighted by Crippen LogP contribution is 2.18. The van der Waals surface area contributed by atoms with Gasteiger partial charge in [0.2, 0.25) is 0 Å². The van der Waals surface area contributed by atoms with E-state index in [1.54, 1.807) is 0 Å². The highest BCUT2D eigenvalue weighted by Gasteiger charge is 2.12. The van der Waals surface area contributed by atoms with E-state index < -0.39 is 0 Å². The topological polar surface area (TPSA) is 86.8 Å². The molecule has 1 aliphatic rings. The van der Waals surface area contributed by atoms with Gasteiger partial charge in [-0.3, -0.25) is 9.89 Å². The molecule has 0 bridgehead atoms. The van der Waals surface area contributed by atoms with Crippen molar-refractivity contribution in [2.75, 3.05) is 18.0 Å². The first kappa shape index (κ1) is 18.2. The lowest BCUT2D eigenvalue weighted by molar-refractivity contribution is 0.0951. The standard InChI is InChI=1S/C21H24N6O/c28-21(18-6-4-16(5-7-18)12-19-24-15-25-26-19)23-14-17-8-9-22-20(13-17)27-10-2-1-3-11-27/h4-9,13,15H,1-3,10-12,14H2,(H,23,28)(H,24,25,26). The van der Waals surface area contributed by atoms with Crippen LogP contribution < -0.4 is 10.2 Å². The van der Waals surface area contributed by atoms with E-state index in [1.807, 2.05) is 36.5 Å². The van der Waals surface area contributed by atoms with Gasteiger partial charge in [-0.2, -0.15) is 5.10 Å². The Morgan fingerprint density at radius 2 is 1.86 bits per heavy atom. The summed E-state index contributed by atoms with van der Waals surface area (Å²) in [5.74, 6) is 1.73. The molecule has 0 radical (unpaired) electrons. The van der Waals surface area contributed by atoms with Crippen LogP contribution in [0, 0.1) is 0 Å². The Hall–Kier alpha value is -3.22. The second-order valence-electron chi connectivity index (χ2n) is 7.06. The number of piperidine rings is 1. The number of hydrogen-bond donors (Lipinski definition) is 2. The molecule has 1 fully saturated rings. The average molecular weight is 376 g/mol. The summed E-state index contributed by atoms with van der Waals surface area (Å²) in [4.78, 5) is 23.4. The average Bonchev–Trinajstić information content (AvgIpc) is 3.26. The smallest absolute Gasteiger partial charge is 0.251 e. The van der Waals surface area contributed by atoms with E-state index in [4.69, 9.17) is 0 Å². The van der Waals surface area contributed by atoms with Crippen molar-refractivity contribution in [3.63, 3.8) is 0 Å². The zero-order chi connectivity index (χ0) is 19.2. The van der Waals surface area contributed by atoms with Crippen molar-refractivity contribution in [1.29, 1.82) is 0 Å². The van der Waals surface area contributed by atoms with Crippen LogP contribution in [0.25, 0.3) is 0 Å². The summed E-state index contributed by atoms with van der Waals surface area (Å²) in [5, 5.41) is 9.68. The number of carbonyl (C=O) groups excluding carboxylic acids is 1. The number of nitrogens with zero attached hydrogens (tertiary/aromatic N) is 4. The van der Waals surface area contributed by atoms with Crippen LogP contribution in [0.1, 0.15) is 46.6 Å². The normalized spacial score (nSPS) is 14.1. The van der Waals surface area contributed by atoms with Crippen molar-refractivity contribution in [2.45, 2.75) is 32.2 Å². The van der Waals surface area contributed by atoms with E-state index in [9.17, 15) is 4.79 Å². The fourth-order valence-corrected chi connectivity index (χ4v) is 3.43. The maximum Gasteiger partial charge on any atom is 0.251 e. The number of hydrogen-bond acceptors (Lipinski definition) is 5. The molecule has 1 amide bonds. The van der Waals surface area contributed by atoms with Gasteiger partial charge in [0, 0.05) is 37.8 Å². The lowest BCUT2D eigenvalue weighted by Gasteiger charge is -2.27. The zero-order valence-electron chi connectivity index (χ0n) is 15.8. The van der Waals surface area contributed by atoms with E-state index in [1.165, 1.54) is 25.6 Å². The van der Waals surface area contributed by atoms with Crippen LogP contribution in [-0.4, -0.2) is 39.2 Å². The third kappa shape index (κ3) is 4.54. The molecule has 0 atom stereocenters. The van der Waals surface area contributed by atoms with Gasteiger partial charge in [-0.15, -0.1) is 0 Å². The van der Waals surface area contributed by atoms with Gasteiger partial charge in [-0.1, -0.05) is 12.1 Å². The highest BCUT2D eigenvalue weighted by atomic mass is 16.1. The third-order valence-electron chi connectivity index (χ3n) is 5.00. The Labute approximate surface area is 164 Å². The Morgan fingerprint density at radius 1 is 1.04 bits per heavy atom. The maximum atomic E-state index is 12.5. The number of H-pyrrole nitrogens is 1. The van der Waals surface area contributed by atoms with Crippen molar-refractivity contribution < 1.29 is 4.79 Å².